The van der Waals surface area contributed by atoms with E-state index in [1.54, 1.807) is 54.6 Å². The van der Waals surface area contributed by atoms with E-state index < -0.39 is 30.6 Å². The zero-order chi connectivity index (χ0) is 35.2. The fourth-order valence-electron chi connectivity index (χ4n) is 6.60. The number of esters is 1. The number of rotatable bonds is 8. The maximum Gasteiger partial charge on any atom is 0.337 e. The van der Waals surface area contributed by atoms with Gasteiger partial charge >= 0.3 is 5.97 Å². The van der Waals surface area contributed by atoms with Gasteiger partial charge in [0.05, 0.1) is 23.9 Å². The molecule has 5 aromatic carbocycles. The number of halogens is 5. The summed E-state index contributed by atoms with van der Waals surface area (Å²) in [4.78, 5) is 12.8. The standard InChI is InChI=1S/C39H26BClF4N2O2S/c1-49-38(48)26-11-15-29(33(41)18-26)24-5-4-6-25(17-24)36-35(30-7-2-3-8-32(30)39(45)20-40(21-39)22-46)31-19-27(42)12-16-34(31)47(36)50-28-13-9-23(10-14-28)37(43)44/h2-19,37H,20-21H2,1H3. The number of aromatic nitrogens is 1. The van der Waals surface area contributed by atoms with Crippen LogP contribution < -0.4 is 0 Å². The Bertz CT molecular complexity index is 2320. The first-order valence-corrected chi connectivity index (χ1v) is 16.8. The van der Waals surface area contributed by atoms with Gasteiger partial charge in [-0.2, -0.15) is 0 Å². The van der Waals surface area contributed by atoms with Crippen molar-refractivity contribution in [1.29, 1.82) is 5.26 Å². The number of carbonyl (C=O) groups is 1. The van der Waals surface area contributed by atoms with E-state index in [9.17, 15) is 18.8 Å². The van der Waals surface area contributed by atoms with Crippen molar-refractivity contribution in [3.05, 3.63) is 137 Å². The zero-order valence-electron chi connectivity index (χ0n) is 26.5. The van der Waals surface area contributed by atoms with Crippen molar-refractivity contribution in [1.82, 2.24) is 3.97 Å². The zero-order valence-corrected chi connectivity index (χ0v) is 28.0. The quantitative estimate of drug-likeness (QED) is 0.0897. The van der Waals surface area contributed by atoms with Crippen LogP contribution in [0.15, 0.2) is 114 Å². The molecule has 7 rings (SSSR count). The smallest absolute Gasteiger partial charge is 0.337 e. The van der Waals surface area contributed by atoms with Crippen molar-refractivity contribution in [2.24, 2.45) is 0 Å². The van der Waals surface area contributed by atoms with Crippen molar-refractivity contribution in [3.63, 3.8) is 0 Å². The molecule has 11 heteroatoms. The highest BCUT2D eigenvalue weighted by atomic mass is 35.5. The maximum absolute atomic E-state index is 16.6. The lowest BCUT2D eigenvalue weighted by Gasteiger charge is -2.37. The lowest BCUT2D eigenvalue weighted by atomic mass is 9.30. The molecule has 0 N–H and O–H groups in total. The molecule has 0 unspecified atom stereocenters. The Balaban J connectivity index is 1.48. The minimum absolute atomic E-state index is 0.0453. The predicted octanol–water partition coefficient (Wildman–Crippen LogP) is 11.5. The van der Waals surface area contributed by atoms with E-state index in [-0.39, 0.29) is 18.2 Å². The summed E-state index contributed by atoms with van der Waals surface area (Å²) in [7, 11) is 1.29. The summed E-state index contributed by atoms with van der Waals surface area (Å²) in [5, 5.41) is 10.3. The first-order valence-electron chi connectivity index (χ1n) is 15.7. The number of nitriles is 1. The molecule has 4 nitrogen and oxygen atoms in total. The Labute approximate surface area is 295 Å². The molecule has 0 atom stereocenters. The number of carbonyl (C=O) groups excluding carboxylic acids is 1. The summed E-state index contributed by atoms with van der Waals surface area (Å²) >= 11 is 7.95. The van der Waals surface area contributed by atoms with Gasteiger partial charge in [-0.1, -0.05) is 72.3 Å². The molecule has 1 aliphatic heterocycles. The van der Waals surface area contributed by atoms with Crippen LogP contribution in [-0.4, -0.2) is 23.8 Å². The second-order valence-corrected chi connectivity index (χ2v) is 13.6. The molecule has 1 aromatic heterocycles. The number of nitrogens with zero attached hydrogens (tertiary/aromatic N) is 2. The Hall–Kier alpha value is -4.98. The number of alkyl halides is 3. The topological polar surface area (TPSA) is 55.0 Å². The average Bonchev–Trinajstić information content (AvgIpc) is 3.42. The SMILES string of the molecule is COC(=O)c1ccc(-c2cccc(-c3c(-c4ccccc4C4(F)CB(C#N)C4)c4cc(F)ccc4n3Sc3ccc(C(F)F)cc3)c2)c(Cl)c1. The Kier molecular flexibility index (Phi) is 8.97. The highest BCUT2D eigenvalue weighted by Gasteiger charge is 2.50. The van der Waals surface area contributed by atoms with Crippen LogP contribution in [0.4, 0.5) is 17.6 Å². The van der Waals surface area contributed by atoms with Gasteiger partial charge in [-0.15, -0.1) is 0 Å². The van der Waals surface area contributed by atoms with Gasteiger partial charge in [0.15, 0.2) is 0 Å². The van der Waals surface area contributed by atoms with Gasteiger partial charge in [0.1, 0.15) is 11.5 Å². The summed E-state index contributed by atoms with van der Waals surface area (Å²) in [5.41, 5.74) is 3.24. The molecule has 50 heavy (non-hydrogen) atoms. The van der Waals surface area contributed by atoms with Gasteiger partial charge < -0.3 is 4.74 Å². The summed E-state index contributed by atoms with van der Waals surface area (Å²) < 4.78 is 65.3. The van der Waals surface area contributed by atoms with E-state index >= 15 is 8.78 Å². The third kappa shape index (κ3) is 6.05. The van der Waals surface area contributed by atoms with Crippen molar-refractivity contribution in [3.8, 4) is 39.5 Å². The van der Waals surface area contributed by atoms with E-state index in [1.165, 1.54) is 49.4 Å². The van der Waals surface area contributed by atoms with Crippen LogP contribution in [0.3, 0.4) is 0 Å². The number of fused-ring (bicyclic) bond motifs is 1. The third-order valence-corrected chi connectivity index (χ3v) is 10.4. The second kappa shape index (κ2) is 13.4. The Morgan fingerprint density at radius 2 is 1.68 bits per heavy atom. The van der Waals surface area contributed by atoms with Gasteiger partial charge in [-0.3, -0.25) is 3.97 Å². The van der Waals surface area contributed by atoms with Gasteiger partial charge in [0.25, 0.3) is 13.1 Å². The molecule has 2 heterocycles. The number of hydrogen-bond donors (Lipinski definition) is 0. The molecule has 0 amide bonds. The predicted molar refractivity (Wildman–Crippen MR) is 191 cm³/mol. The molecular formula is C39H26BClF4N2O2S. The molecule has 0 bridgehead atoms. The molecule has 1 aliphatic rings. The summed E-state index contributed by atoms with van der Waals surface area (Å²) in [5.74, 6) is 1.15. The first-order chi connectivity index (χ1) is 24.1. The van der Waals surface area contributed by atoms with E-state index in [2.05, 4.69) is 5.97 Å². The second-order valence-electron chi connectivity index (χ2n) is 12.2. The maximum atomic E-state index is 16.6. The molecule has 248 valence electrons. The molecule has 1 fully saturated rings. The summed E-state index contributed by atoms with van der Waals surface area (Å²) in [6, 6.07) is 29.8. The highest BCUT2D eigenvalue weighted by molar-refractivity contribution is 7.98. The van der Waals surface area contributed by atoms with Crippen LogP contribution in [0.25, 0.3) is 44.4 Å². The Morgan fingerprint density at radius 3 is 2.38 bits per heavy atom. The van der Waals surface area contributed by atoms with Gasteiger partial charge in [0.2, 0.25) is 0 Å². The number of ether oxygens (including phenoxy) is 1. The summed E-state index contributed by atoms with van der Waals surface area (Å²) in [6.07, 6.45) is -2.53. The molecule has 0 aliphatic carbocycles. The van der Waals surface area contributed by atoms with Crippen molar-refractivity contribution in [2.45, 2.75) is 29.6 Å². The average molecular weight is 709 g/mol. The number of benzene rings is 5. The normalized spacial score (nSPS) is 13.7. The van der Waals surface area contributed by atoms with Crippen LogP contribution in [-0.2, 0) is 10.4 Å². The fourth-order valence-corrected chi connectivity index (χ4v) is 7.90. The molecule has 0 radical (unpaired) electrons. The van der Waals surface area contributed by atoms with Crippen molar-refractivity contribution < 1.29 is 27.1 Å². The number of hydrogen-bond acceptors (Lipinski definition) is 4. The molecule has 0 spiro atoms. The third-order valence-electron chi connectivity index (χ3n) is 9.05. The van der Waals surface area contributed by atoms with Crippen LogP contribution in [0, 0.1) is 17.0 Å². The minimum Gasteiger partial charge on any atom is -0.465 e. The van der Waals surface area contributed by atoms with E-state index in [0.717, 1.165) is 5.56 Å². The Morgan fingerprint density at radius 1 is 0.940 bits per heavy atom. The minimum atomic E-state index is -2.63. The molecule has 0 saturated carbocycles. The number of methoxy groups -OCH3 is 1. The van der Waals surface area contributed by atoms with Gasteiger partial charge in [-0.05, 0) is 89.8 Å². The lowest BCUT2D eigenvalue weighted by molar-refractivity contribution is 0.0600. The monoisotopic (exact) mass is 708 g/mol. The van der Waals surface area contributed by atoms with Crippen LogP contribution in [0.1, 0.15) is 27.9 Å². The van der Waals surface area contributed by atoms with Gasteiger partial charge in [-0.25, -0.2) is 27.6 Å². The van der Waals surface area contributed by atoms with Crippen LogP contribution >= 0.6 is 23.5 Å². The van der Waals surface area contributed by atoms with E-state index in [4.69, 9.17) is 16.3 Å². The molecule has 1 saturated heterocycles. The largest absolute Gasteiger partial charge is 0.465 e. The lowest BCUT2D eigenvalue weighted by Crippen LogP contribution is -2.42. The first kappa shape index (κ1) is 33.5. The highest BCUT2D eigenvalue weighted by Crippen LogP contribution is 2.53. The van der Waals surface area contributed by atoms with Crippen molar-refractivity contribution in [2.75, 3.05) is 7.11 Å². The van der Waals surface area contributed by atoms with Crippen LogP contribution in [0.2, 0.25) is 17.7 Å². The fraction of sp³-hybridized carbons (Fsp3) is 0.128. The van der Waals surface area contributed by atoms with E-state index in [1.807, 2.05) is 28.2 Å². The van der Waals surface area contributed by atoms with Crippen LogP contribution in [0.5, 0.6) is 0 Å². The summed E-state index contributed by atoms with van der Waals surface area (Å²) in [6.45, 7) is -0.412. The van der Waals surface area contributed by atoms with E-state index in [0.29, 0.717) is 59.9 Å². The van der Waals surface area contributed by atoms with Crippen molar-refractivity contribution >= 4 is 47.1 Å². The van der Waals surface area contributed by atoms with Gasteiger partial charge in [0, 0.05) is 43.5 Å². The molecule has 6 aromatic rings. The molecular weight excluding hydrogens is 683 g/mol.